The predicted molar refractivity (Wildman–Crippen MR) is 112 cm³/mol. The summed E-state index contributed by atoms with van der Waals surface area (Å²) in [6.07, 6.45) is 1.08. The van der Waals surface area contributed by atoms with Gasteiger partial charge in [-0.1, -0.05) is 20.8 Å². The van der Waals surface area contributed by atoms with Crippen molar-refractivity contribution in [2.24, 2.45) is 24.3 Å². The number of hydrogen-bond donors (Lipinski definition) is 1. The van der Waals surface area contributed by atoms with Crippen LogP contribution in [-0.4, -0.2) is 49.2 Å². The van der Waals surface area contributed by atoms with E-state index < -0.39 is 6.10 Å². The summed E-state index contributed by atoms with van der Waals surface area (Å²) in [6, 6.07) is 4.12. The minimum Gasteiger partial charge on any atom is -0.384 e. The van der Waals surface area contributed by atoms with Gasteiger partial charge < -0.3 is 10.0 Å². The molecule has 7 heteroatoms. The van der Waals surface area contributed by atoms with Gasteiger partial charge in [0, 0.05) is 38.3 Å². The third-order valence-corrected chi connectivity index (χ3v) is 6.47. The molecule has 2 fully saturated rings. The highest BCUT2D eigenvalue weighted by Crippen LogP contribution is 2.46. The number of rotatable bonds is 3. The SMILES string of the molecule is C[C@@H](O)C(=O)N1CC2CC(c3ccc4c(n3)n(C)c(=O)n4CC(C)(C)C)CC2C1. The van der Waals surface area contributed by atoms with Crippen LogP contribution >= 0.6 is 0 Å². The minimum absolute atomic E-state index is 0.00898. The fourth-order valence-corrected chi connectivity index (χ4v) is 5.13. The van der Waals surface area contributed by atoms with Gasteiger partial charge in [-0.25, -0.2) is 9.78 Å². The minimum atomic E-state index is -0.924. The molecule has 1 saturated carbocycles. The fourth-order valence-electron chi connectivity index (χ4n) is 5.13. The Labute approximate surface area is 171 Å². The van der Waals surface area contributed by atoms with Crippen LogP contribution in [0.4, 0.5) is 0 Å². The molecule has 2 aromatic heterocycles. The smallest absolute Gasteiger partial charge is 0.330 e. The number of fused-ring (bicyclic) bond motifs is 2. The van der Waals surface area contributed by atoms with Gasteiger partial charge in [0.25, 0.3) is 5.91 Å². The maximum absolute atomic E-state index is 12.7. The Bertz CT molecular complexity index is 984. The van der Waals surface area contributed by atoms with E-state index in [2.05, 4.69) is 26.8 Å². The molecule has 4 rings (SSSR count). The lowest BCUT2D eigenvalue weighted by atomic mass is 9.97. The van der Waals surface area contributed by atoms with Crippen LogP contribution in [0, 0.1) is 17.3 Å². The number of aromatic nitrogens is 3. The van der Waals surface area contributed by atoms with Crippen LogP contribution in [0.5, 0.6) is 0 Å². The second-order valence-corrected chi connectivity index (χ2v) is 10.2. The molecule has 0 spiro atoms. The van der Waals surface area contributed by atoms with Gasteiger partial charge in [0.15, 0.2) is 5.65 Å². The average molecular weight is 401 g/mol. The highest BCUT2D eigenvalue weighted by atomic mass is 16.3. The van der Waals surface area contributed by atoms with Crippen molar-refractivity contribution in [1.29, 1.82) is 0 Å². The van der Waals surface area contributed by atoms with Gasteiger partial charge in [-0.05, 0) is 49.1 Å². The largest absolute Gasteiger partial charge is 0.384 e. The molecule has 0 bridgehead atoms. The molecule has 1 saturated heterocycles. The van der Waals surface area contributed by atoms with Crippen molar-refractivity contribution >= 4 is 17.1 Å². The molecule has 2 unspecified atom stereocenters. The van der Waals surface area contributed by atoms with Crippen molar-refractivity contribution in [2.75, 3.05) is 13.1 Å². The number of nitrogens with zero attached hydrogens (tertiary/aromatic N) is 4. The molecule has 1 aliphatic heterocycles. The first-order valence-corrected chi connectivity index (χ1v) is 10.6. The Balaban J connectivity index is 1.56. The number of carbonyl (C=O) groups is 1. The number of pyridine rings is 1. The summed E-state index contributed by atoms with van der Waals surface area (Å²) >= 11 is 0. The number of likely N-dealkylation sites (tertiary alicyclic amines) is 1. The zero-order chi connectivity index (χ0) is 21.1. The Morgan fingerprint density at radius 2 is 1.86 bits per heavy atom. The van der Waals surface area contributed by atoms with E-state index in [4.69, 9.17) is 4.98 Å². The Morgan fingerprint density at radius 3 is 2.41 bits per heavy atom. The van der Waals surface area contributed by atoms with Crippen LogP contribution in [0.3, 0.4) is 0 Å². The maximum Gasteiger partial charge on any atom is 0.330 e. The highest BCUT2D eigenvalue weighted by molar-refractivity contribution is 5.80. The van der Waals surface area contributed by atoms with Crippen molar-refractivity contribution < 1.29 is 9.90 Å². The number of aliphatic hydroxyl groups is 1. The molecule has 29 heavy (non-hydrogen) atoms. The zero-order valence-electron chi connectivity index (χ0n) is 18.1. The fraction of sp³-hybridized carbons (Fsp3) is 0.682. The van der Waals surface area contributed by atoms with E-state index in [1.165, 1.54) is 6.92 Å². The maximum atomic E-state index is 12.7. The van der Waals surface area contributed by atoms with Crippen molar-refractivity contribution in [3.63, 3.8) is 0 Å². The van der Waals surface area contributed by atoms with E-state index in [0.29, 0.717) is 24.3 Å². The van der Waals surface area contributed by atoms with Crippen LogP contribution in [-0.2, 0) is 18.4 Å². The normalized spacial score (nSPS) is 25.6. The van der Waals surface area contributed by atoms with E-state index in [0.717, 1.165) is 42.8 Å². The van der Waals surface area contributed by atoms with Crippen molar-refractivity contribution in [2.45, 2.75) is 59.1 Å². The lowest BCUT2D eigenvalue weighted by molar-refractivity contribution is -0.138. The molecule has 0 aromatic carbocycles. The molecular weight excluding hydrogens is 368 g/mol. The zero-order valence-corrected chi connectivity index (χ0v) is 18.1. The summed E-state index contributed by atoms with van der Waals surface area (Å²) in [4.78, 5) is 31.5. The molecule has 1 N–H and O–H groups in total. The van der Waals surface area contributed by atoms with Crippen LogP contribution in [0.15, 0.2) is 16.9 Å². The first-order valence-electron chi connectivity index (χ1n) is 10.6. The van der Waals surface area contributed by atoms with Crippen molar-refractivity contribution in [3.8, 4) is 0 Å². The van der Waals surface area contributed by atoms with E-state index in [1.807, 2.05) is 15.5 Å². The third-order valence-electron chi connectivity index (χ3n) is 6.47. The summed E-state index contributed by atoms with van der Waals surface area (Å²) in [6.45, 7) is 10.0. The lowest BCUT2D eigenvalue weighted by Crippen LogP contribution is -2.36. The number of imidazole rings is 1. The summed E-state index contributed by atoms with van der Waals surface area (Å²) in [5.74, 6) is 1.13. The Morgan fingerprint density at radius 1 is 1.24 bits per heavy atom. The van der Waals surface area contributed by atoms with Gasteiger partial charge in [-0.15, -0.1) is 0 Å². The summed E-state index contributed by atoms with van der Waals surface area (Å²) < 4.78 is 3.48. The quantitative estimate of drug-likeness (QED) is 0.856. The molecular formula is C22H32N4O3. The topological polar surface area (TPSA) is 80.4 Å². The molecule has 7 nitrogen and oxygen atoms in total. The molecule has 3 atom stereocenters. The van der Waals surface area contributed by atoms with Crippen LogP contribution in [0.1, 0.15) is 52.1 Å². The molecule has 2 aliphatic rings. The molecule has 3 heterocycles. The molecule has 2 aromatic rings. The van der Waals surface area contributed by atoms with Gasteiger partial charge in [-0.3, -0.25) is 13.9 Å². The second kappa shape index (κ2) is 6.97. The molecule has 158 valence electrons. The number of carbonyl (C=O) groups excluding carboxylic acids is 1. The van der Waals surface area contributed by atoms with Crippen molar-refractivity contribution in [1.82, 2.24) is 19.0 Å². The van der Waals surface area contributed by atoms with Gasteiger partial charge >= 0.3 is 5.69 Å². The number of aliphatic hydroxyl groups excluding tert-OH is 1. The molecule has 1 aliphatic carbocycles. The average Bonchev–Trinajstić information content (AvgIpc) is 3.27. The second-order valence-electron chi connectivity index (χ2n) is 10.2. The highest BCUT2D eigenvalue weighted by Gasteiger charge is 2.43. The summed E-state index contributed by atoms with van der Waals surface area (Å²) in [7, 11) is 1.80. The summed E-state index contributed by atoms with van der Waals surface area (Å²) in [5.41, 5.74) is 2.68. The van der Waals surface area contributed by atoms with E-state index in [-0.39, 0.29) is 17.0 Å². The van der Waals surface area contributed by atoms with Crippen LogP contribution < -0.4 is 5.69 Å². The summed E-state index contributed by atoms with van der Waals surface area (Å²) in [5, 5.41) is 9.57. The van der Waals surface area contributed by atoms with Gasteiger partial charge in [0.05, 0.1) is 5.52 Å². The lowest BCUT2D eigenvalue weighted by Gasteiger charge is -2.20. The van der Waals surface area contributed by atoms with Crippen LogP contribution in [0.25, 0.3) is 11.2 Å². The predicted octanol–water partition coefficient (Wildman–Crippen LogP) is 2.11. The van der Waals surface area contributed by atoms with E-state index >= 15 is 0 Å². The molecule has 0 radical (unpaired) electrons. The van der Waals surface area contributed by atoms with Crippen molar-refractivity contribution in [3.05, 3.63) is 28.3 Å². The monoisotopic (exact) mass is 400 g/mol. The third kappa shape index (κ3) is 3.61. The van der Waals surface area contributed by atoms with E-state index in [9.17, 15) is 14.7 Å². The van der Waals surface area contributed by atoms with E-state index in [1.54, 1.807) is 11.6 Å². The van der Waals surface area contributed by atoms with Crippen LogP contribution in [0.2, 0.25) is 0 Å². The van der Waals surface area contributed by atoms with Gasteiger partial charge in [0.2, 0.25) is 0 Å². The Hall–Kier alpha value is -2.15. The molecule has 1 amide bonds. The standard InChI is InChI=1S/C22H32N4O3/c1-13(27)20(28)25-10-15-8-14(9-16(15)11-25)17-6-7-18-19(23-17)24(5)21(29)26(18)12-22(2,3)4/h6-7,13-16,27H,8-12H2,1-5H3/t13-,14?,15?,16?/m1/s1. The van der Waals surface area contributed by atoms with Gasteiger partial charge in [-0.2, -0.15) is 0 Å². The first kappa shape index (κ1) is 20.1. The van der Waals surface area contributed by atoms with Gasteiger partial charge in [0.1, 0.15) is 6.10 Å². The number of hydrogen-bond acceptors (Lipinski definition) is 4. The number of amides is 1. The first-order chi connectivity index (χ1) is 13.5. The Kier molecular flexibility index (Phi) is 4.84. The number of aryl methyl sites for hydroxylation is 1.